The first-order valence-electron chi connectivity index (χ1n) is 5.04. The van der Waals surface area contributed by atoms with Crippen LogP contribution in [-0.4, -0.2) is 42.5 Å². The molecule has 3 atom stereocenters. The van der Waals surface area contributed by atoms with E-state index in [1.165, 1.54) is 0 Å². The standard InChI is InChI=1S/C10H12O7/c1-2-16-9(14)7-5(3-11)6(7)4-17-10(15)8(12)13/h3,5-7H,2,4H2,1H3,(H,12,13)/t5-,6-,7+/m0/s1. The molecule has 0 spiro atoms. The quantitative estimate of drug-likeness (QED) is 0.384. The van der Waals surface area contributed by atoms with Crippen molar-refractivity contribution in [2.45, 2.75) is 6.92 Å². The number of hydrogen-bond acceptors (Lipinski definition) is 6. The molecule has 1 aliphatic carbocycles. The van der Waals surface area contributed by atoms with Gasteiger partial charge in [-0.1, -0.05) is 0 Å². The fraction of sp³-hybridized carbons (Fsp3) is 0.600. The summed E-state index contributed by atoms with van der Waals surface area (Å²) in [4.78, 5) is 42.7. The molecule has 0 radical (unpaired) electrons. The largest absolute Gasteiger partial charge is 0.473 e. The van der Waals surface area contributed by atoms with Gasteiger partial charge in [0.25, 0.3) is 0 Å². The number of carbonyl (C=O) groups excluding carboxylic acids is 3. The molecule has 0 aromatic carbocycles. The third kappa shape index (κ3) is 3.02. The zero-order chi connectivity index (χ0) is 13.0. The summed E-state index contributed by atoms with van der Waals surface area (Å²) in [5, 5.41) is 8.26. The fourth-order valence-electron chi connectivity index (χ4n) is 1.60. The van der Waals surface area contributed by atoms with Gasteiger partial charge in [-0.3, -0.25) is 4.79 Å². The normalized spacial score (nSPS) is 25.8. The zero-order valence-electron chi connectivity index (χ0n) is 9.12. The second kappa shape index (κ2) is 5.42. The highest BCUT2D eigenvalue weighted by molar-refractivity contribution is 6.28. The van der Waals surface area contributed by atoms with E-state index >= 15 is 0 Å². The van der Waals surface area contributed by atoms with Crippen molar-refractivity contribution < 1.29 is 33.8 Å². The molecule has 0 bridgehead atoms. The van der Waals surface area contributed by atoms with Gasteiger partial charge in [-0.2, -0.15) is 0 Å². The summed E-state index contributed by atoms with van der Waals surface area (Å²) in [6, 6.07) is 0. The minimum Gasteiger partial charge on any atom is -0.473 e. The number of carboxylic acids is 1. The van der Waals surface area contributed by atoms with Crippen molar-refractivity contribution in [1.82, 2.24) is 0 Å². The van der Waals surface area contributed by atoms with Gasteiger partial charge in [0.05, 0.1) is 19.1 Å². The van der Waals surface area contributed by atoms with Crippen LogP contribution in [0.4, 0.5) is 0 Å². The Kier molecular flexibility index (Phi) is 4.19. The minimum atomic E-state index is -1.71. The molecule has 0 aliphatic heterocycles. The number of ether oxygens (including phenoxy) is 2. The van der Waals surface area contributed by atoms with Crippen LogP contribution in [0, 0.1) is 17.8 Å². The van der Waals surface area contributed by atoms with Crippen LogP contribution in [0.3, 0.4) is 0 Å². The average molecular weight is 244 g/mol. The molecule has 0 saturated heterocycles. The molecule has 1 rings (SSSR count). The van der Waals surface area contributed by atoms with E-state index in [4.69, 9.17) is 9.84 Å². The summed E-state index contributed by atoms with van der Waals surface area (Å²) >= 11 is 0. The van der Waals surface area contributed by atoms with E-state index < -0.39 is 35.7 Å². The van der Waals surface area contributed by atoms with E-state index in [9.17, 15) is 19.2 Å². The summed E-state index contributed by atoms with van der Waals surface area (Å²) in [5.41, 5.74) is 0. The number of esters is 2. The van der Waals surface area contributed by atoms with Crippen LogP contribution in [0.2, 0.25) is 0 Å². The number of aliphatic carboxylic acids is 1. The molecule has 1 saturated carbocycles. The number of carboxylic acid groups (broad SMARTS) is 1. The molecule has 0 unspecified atom stereocenters. The first-order chi connectivity index (χ1) is 8.02. The number of hydrogen-bond donors (Lipinski definition) is 1. The van der Waals surface area contributed by atoms with E-state index in [0.717, 1.165) is 0 Å². The van der Waals surface area contributed by atoms with Gasteiger partial charge in [-0.05, 0) is 6.92 Å². The summed E-state index contributed by atoms with van der Waals surface area (Å²) in [6.45, 7) is 1.57. The lowest BCUT2D eigenvalue weighted by Gasteiger charge is -2.01. The van der Waals surface area contributed by atoms with Crippen molar-refractivity contribution in [3.63, 3.8) is 0 Å². The van der Waals surface area contributed by atoms with Crippen LogP contribution in [0.1, 0.15) is 6.92 Å². The summed E-state index contributed by atoms with van der Waals surface area (Å²) in [5.74, 6) is -5.30. The number of rotatable bonds is 5. The van der Waals surface area contributed by atoms with Gasteiger partial charge in [0, 0.05) is 11.8 Å². The SMILES string of the molecule is CCOC(=O)[C@@H]1[C@@H](C=O)[C@@H]1COC(=O)C(=O)O. The molecule has 0 amide bonds. The van der Waals surface area contributed by atoms with Gasteiger partial charge in [0.1, 0.15) is 6.29 Å². The van der Waals surface area contributed by atoms with E-state index in [0.29, 0.717) is 6.29 Å². The van der Waals surface area contributed by atoms with E-state index in [-0.39, 0.29) is 13.2 Å². The third-order valence-electron chi connectivity index (χ3n) is 2.53. The van der Waals surface area contributed by atoms with Gasteiger partial charge < -0.3 is 19.4 Å². The second-order valence-corrected chi connectivity index (χ2v) is 3.56. The Morgan fingerprint density at radius 3 is 2.41 bits per heavy atom. The van der Waals surface area contributed by atoms with Gasteiger partial charge in [0.15, 0.2) is 0 Å². The molecule has 94 valence electrons. The first-order valence-corrected chi connectivity index (χ1v) is 5.04. The molecule has 0 heterocycles. The van der Waals surface area contributed by atoms with Crippen molar-refractivity contribution in [2.75, 3.05) is 13.2 Å². The predicted molar refractivity (Wildman–Crippen MR) is 51.8 cm³/mol. The smallest absolute Gasteiger partial charge is 0.417 e. The molecular weight excluding hydrogens is 232 g/mol. The molecular formula is C10H12O7. The van der Waals surface area contributed by atoms with Gasteiger partial charge in [-0.25, -0.2) is 9.59 Å². The van der Waals surface area contributed by atoms with Crippen molar-refractivity contribution in [1.29, 1.82) is 0 Å². The van der Waals surface area contributed by atoms with Crippen LogP contribution in [-0.2, 0) is 28.7 Å². The molecule has 1 fully saturated rings. The molecule has 1 N–H and O–H groups in total. The Balaban J connectivity index is 2.44. The van der Waals surface area contributed by atoms with Crippen LogP contribution in [0.15, 0.2) is 0 Å². The Morgan fingerprint density at radius 2 is 1.94 bits per heavy atom. The van der Waals surface area contributed by atoms with Crippen LogP contribution < -0.4 is 0 Å². The Hall–Kier alpha value is -1.92. The van der Waals surface area contributed by atoms with E-state index in [1.807, 2.05) is 0 Å². The van der Waals surface area contributed by atoms with Gasteiger partial charge in [0.2, 0.25) is 0 Å². The Morgan fingerprint density at radius 1 is 1.29 bits per heavy atom. The summed E-state index contributed by atoms with van der Waals surface area (Å²) in [7, 11) is 0. The van der Waals surface area contributed by atoms with E-state index in [2.05, 4.69) is 4.74 Å². The van der Waals surface area contributed by atoms with E-state index in [1.54, 1.807) is 6.92 Å². The minimum absolute atomic E-state index is 0.197. The maximum absolute atomic E-state index is 11.3. The number of aldehydes is 1. The Bertz CT molecular complexity index is 349. The molecule has 0 aromatic heterocycles. The van der Waals surface area contributed by atoms with Crippen molar-refractivity contribution in [2.24, 2.45) is 17.8 Å². The van der Waals surface area contributed by atoms with Crippen LogP contribution in [0.25, 0.3) is 0 Å². The highest BCUT2D eigenvalue weighted by Crippen LogP contribution is 2.45. The third-order valence-corrected chi connectivity index (χ3v) is 2.53. The Labute approximate surface area is 96.7 Å². The topological polar surface area (TPSA) is 107 Å². The highest BCUT2D eigenvalue weighted by atomic mass is 16.6. The molecule has 7 heteroatoms. The van der Waals surface area contributed by atoms with Crippen molar-refractivity contribution in [3.05, 3.63) is 0 Å². The molecule has 1 aliphatic rings. The maximum Gasteiger partial charge on any atom is 0.417 e. The first kappa shape index (κ1) is 13.1. The average Bonchev–Trinajstić information content (AvgIpc) is 2.99. The molecule has 17 heavy (non-hydrogen) atoms. The molecule has 0 aromatic rings. The monoisotopic (exact) mass is 244 g/mol. The van der Waals surface area contributed by atoms with Crippen LogP contribution >= 0.6 is 0 Å². The van der Waals surface area contributed by atoms with Crippen molar-refractivity contribution >= 4 is 24.2 Å². The second-order valence-electron chi connectivity index (χ2n) is 3.56. The lowest BCUT2D eigenvalue weighted by Crippen LogP contribution is -2.18. The number of carbonyl (C=O) groups is 4. The molecule has 7 nitrogen and oxygen atoms in total. The summed E-state index contributed by atoms with van der Waals surface area (Å²) in [6.07, 6.45) is 0.584. The fourth-order valence-corrected chi connectivity index (χ4v) is 1.60. The highest BCUT2D eigenvalue weighted by Gasteiger charge is 2.56. The lowest BCUT2D eigenvalue weighted by atomic mass is 10.3. The van der Waals surface area contributed by atoms with Crippen molar-refractivity contribution in [3.8, 4) is 0 Å². The predicted octanol–water partition coefficient (Wildman–Crippen LogP) is -0.762. The summed E-state index contributed by atoms with van der Waals surface area (Å²) < 4.78 is 9.14. The van der Waals surface area contributed by atoms with Crippen LogP contribution in [0.5, 0.6) is 0 Å². The van der Waals surface area contributed by atoms with Gasteiger partial charge in [-0.15, -0.1) is 0 Å². The van der Waals surface area contributed by atoms with Gasteiger partial charge >= 0.3 is 17.9 Å². The zero-order valence-corrected chi connectivity index (χ0v) is 9.12. The maximum atomic E-state index is 11.3. The lowest BCUT2D eigenvalue weighted by molar-refractivity contribution is -0.164.